The lowest BCUT2D eigenvalue weighted by Crippen LogP contribution is -2.43. The van der Waals surface area contributed by atoms with E-state index in [2.05, 4.69) is 24.0 Å². The highest BCUT2D eigenvalue weighted by Gasteiger charge is 2.40. The van der Waals surface area contributed by atoms with Crippen molar-refractivity contribution in [2.75, 3.05) is 6.54 Å². The van der Waals surface area contributed by atoms with Gasteiger partial charge in [0.25, 0.3) is 0 Å². The zero-order valence-electron chi connectivity index (χ0n) is 23.4. The number of carbonyl (C=O) groups is 2. The van der Waals surface area contributed by atoms with Gasteiger partial charge in [0.2, 0.25) is 11.8 Å². The van der Waals surface area contributed by atoms with Crippen molar-refractivity contribution >= 4 is 11.8 Å². The van der Waals surface area contributed by atoms with Crippen LogP contribution in [0, 0.1) is 11.8 Å². The van der Waals surface area contributed by atoms with Gasteiger partial charge in [-0.2, -0.15) is 0 Å². The first-order valence-electron chi connectivity index (χ1n) is 14.7. The minimum Gasteiger partial charge on any atom is -0.391 e. The Balaban J connectivity index is 1.31. The standard InChI is InChI=1S/C35H40N2O4/c1-2-11-27-20-29(19-25-14-7-4-8-15-25)37(35(27)41)23-30(38)21-28(18-24-12-5-3-6-13-24)34(40)36-33-31-17-10-9-16-26(31)22-32(33)39/h2-10,12-17,27-30,32-33,38-39H,1,11,18-23H2,(H,36,40)/t27?,28?,29-,30?,32+,33-/m0/s1. The second kappa shape index (κ2) is 13.3. The smallest absolute Gasteiger partial charge is 0.226 e. The second-order valence-corrected chi connectivity index (χ2v) is 11.5. The van der Waals surface area contributed by atoms with Crippen LogP contribution in [0.4, 0.5) is 0 Å². The third-order valence-electron chi connectivity index (χ3n) is 8.56. The molecule has 214 valence electrons. The van der Waals surface area contributed by atoms with Crippen molar-refractivity contribution < 1.29 is 19.8 Å². The van der Waals surface area contributed by atoms with Crippen LogP contribution < -0.4 is 5.32 Å². The van der Waals surface area contributed by atoms with Gasteiger partial charge in [0.05, 0.1) is 18.2 Å². The number of benzene rings is 3. The number of likely N-dealkylation sites (tertiary alicyclic amines) is 1. The molecule has 3 unspecified atom stereocenters. The Morgan fingerprint density at radius 2 is 1.66 bits per heavy atom. The van der Waals surface area contributed by atoms with Gasteiger partial charge >= 0.3 is 0 Å². The molecule has 1 aliphatic carbocycles. The van der Waals surface area contributed by atoms with Gasteiger partial charge in [0, 0.05) is 30.8 Å². The van der Waals surface area contributed by atoms with Gasteiger partial charge in [0.15, 0.2) is 0 Å². The summed E-state index contributed by atoms with van der Waals surface area (Å²) in [6, 6.07) is 27.2. The van der Waals surface area contributed by atoms with Gasteiger partial charge in [-0.25, -0.2) is 0 Å². The number of fused-ring (bicyclic) bond motifs is 1. The number of carbonyl (C=O) groups excluding carboxylic acids is 2. The highest BCUT2D eigenvalue weighted by molar-refractivity contribution is 5.82. The minimum atomic E-state index is -0.875. The first kappa shape index (κ1) is 28.8. The van der Waals surface area contributed by atoms with Crippen molar-refractivity contribution in [1.29, 1.82) is 0 Å². The van der Waals surface area contributed by atoms with Gasteiger partial charge < -0.3 is 20.4 Å². The second-order valence-electron chi connectivity index (χ2n) is 11.5. The maximum atomic E-state index is 13.7. The molecule has 2 amide bonds. The summed E-state index contributed by atoms with van der Waals surface area (Å²) in [5.74, 6) is -0.825. The Kier molecular flexibility index (Phi) is 9.32. The largest absolute Gasteiger partial charge is 0.391 e. The molecule has 6 heteroatoms. The molecule has 0 aromatic heterocycles. The first-order chi connectivity index (χ1) is 19.9. The molecule has 0 spiro atoms. The third kappa shape index (κ3) is 6.95. The van der Waals surface area contributed by atoms with E-state index in [-0.39, 0.29) is 36.7 Å². The average Bonchev–Trinajstić information content (AvgIpc) is 3.44. The number of β-amino-alcohol motifs (C(OH)–C–C–N with tert-alkyl or cyclic N) is 1. The lowest BCUT2D eigenvalue weighted by Gasteiger charge is -2.29. The third-order valence-corrected chi connectivity index (χ3v) is 8.56. The van der Waals surface area contributed by atoms with Crippen molar-refractivity contribution in [2.45, 2.75) is 62.8 Å². The molecule has 5 rings (SSSR count). The van der Waals surface area contributed by atoms with Crippen LogP contribution in [0.15, 0.2) is 97.6 Å². The number of nitrogens with zero attached hydrogens (tertiary/aromatic N) is 1. The molecule has 3 N–H and O–H groups in total. The molecule has 1 aliphatic heterocycles. The van der Waals surface area contributed by atoms with Crippen molar-refractivity contribution in [3.63, 3.8) is 0 Å². The molecule has 1 saturated heterocycles. The maximum Gasteiger partial charge on any atom is 0.226 e. The summed E-state index contributed by atoms with van der Waals surface area (Å²) >= 11 is 0. The summed E-state index contributed by atoms with van der Waals surface area (Å²) in [6.45, 7) is 4.01. The van der Waals surface area contributed by atoms with Crippen LogP contribution in [0.2, 0.25) is 0 Å². The number of rotatable bonds is 12. The predicted molar refractivity (Wildman–Crippen MR) is 160 cm³/mol. The number of aliphatic hydroxyl groups excluding tert-OH is 2. The van der Waals surface area contributed by atoms with Crippen LogP contribution in [0.5, 0.6) is 0 Å². The average molecular weight is 553 g/mol. The zero-order valence-corrected chi connectivity index (χ0v) is 23.4. The molecular weight excluding hydrogens is 512 g/mol. The number of aliphatic hydroxyl groups is 2. The monoisotopic (exact) mass is 552 g/mol. The molecule has 2 aliphatic rings. The van der Waals surface area contributed by atoms with E-state index in [1.165, 1.54) is 0 Å². The number of hydrogen-bond acceptors (Lipinski definition) is 4. The molecular formula is C35H40N2O4. The normalized spacial score (nSPS) is 23.2. The Hall–Kier alpha value is -3.74. The summed E-state index contributed by atoms with van der Waals surface area (Å²) < 4.78 is 0. The SMILES string of the molecule is C=CCC1C[C@H](Cc2ccccc2)N(CC(O)CC(Cc2ccccc2)C(=O)N[C@H]2c3ccccc3C[C@H]2O)C1=O. The number of amides is 2. The summed E-state index contributed by atoms with van der Waals surface area (Å²) in [5.41, 5.74) is 4.13. The fourth-order valence-electron chi connectivity index (χ4n) is 6.52. The van der Waals surface area contributed by atoms with Crippen LogP contribution in [-0.4, -0.2) is 51.7 Å². The lowest BCUT2D eigenvalue weighted by molar-refractivity contribution is -0.133. The van der Waals surface area contributed by atoms with Crippen LogP contribution >= 0.6 is 0 Å². The number of hydrogen-bond donors (Lipinski definition) is 3. The Morgan fingerprint density at radius 1 is 1.00 bits per heavy atom. The minimum absolute atomic E-state index is 0.0176. The highest BCUT2D eigenvalue weighted by atomic mass is 16.3. The van der Waals surface area contributed by atoms with Crippen molar-refractivity contribution in [1.82, 2.24) is 10.2 Å². The van der Waals surface area contributed by atoms with E-state index in [1.807, 2.05) is 77.7 Å². The topological polar surface area (TPSA) is 89.9 Å². The van der Waals surface area contributed by atoms with Gasteiger partial charge in [-0.1, -0.05) is 91.0 Å². The van der Waals surface area contributed by atoms with Crippen molar-refractivity contribution in [3.05, 3.63) is 120 Å². The predicted octanol–water partition coefficient (Wildman–Crippen LogP) is 4.41. The van der Waals surface area contributed by atoms with E-state index in [0.717, 1.165) is 35.1 Å². The molecule has 3 aromatic rings. The molecule has 0 saturated carbocycles. The van der Waals surface area contributed by atoms with E-state index in [9.17, 15) is 19.8 Å². The van der Waals surface area contributed by atoms with Gasteiger partial charge in [0.1, 0.15) is 0 Å². The van der Waals surface area contributed by atoms with E-state index < -0.39 is 24.2 Å². The fraction of sp³-hybridized carbons (Fsp3) is 0.371. The van der Waals surface area contributed by atoms with E-state index >= 15 is 0 Å². The maximum absolute atomic E-state index is 13.7. The van der Waals surface area contributed by atoms with Gasteiger partial charge in [-0.15, -0.1) is 6.58 Å². The van der Waals surface area contributed by atoms with Crippen molar-refractivity contribution in [3.8, 4) is 0 Å². The fourth-order valence-corrected chi connectivity index (χ4v) is 6.52. The van der Waals surface area contributed by atoms with Crippen LogP contribution in [0.1, 0.15) is 47.6 Å². The van der Waals surface area contributed by atoms with E-state index in [1.54, 1.807) is 6.08 Å². The van der Waals surface area contributed by atoms with E-state index in [0.29, 0.717) is 19.3 Å². The summed E-state index contributed by atoms with van der Waals surface area (Å²) in [7, 11) is 0. The van der Waals surface area contributed by atoms with Gasteiger partial charge in [-0.05, 0) is 54.4 Å². The quantitative estimate of drug-likeness (QED) is 0.291. The highest BCUT2D eigenvalue weighted by Crippen LogP contribution is 2.33. The molecule has 0 bridgehead atoms. The molecule has 6 atom stereocenters. The number of nitrogens with one attached hydrogen (secondary N) is 1. The Labute approximate surface area is 242 Å². The van der Waals surface area contributed by atoms with Gasteiger partial charge in [-0.3, -0.25) is 9.59 Å². The van der Waals surface area contributed by atoms with E-state index in [4.69, 9.17) is 0 Å². The summed E-state index contributed by atoms with van der Waals surface area (Å²) in [4.78, 5) is 28.9. The van der Waals surface area contributed by atoms with Crippen LogP contribution in [0.3, 0.4) is 0 Å². The molecule has 1 fully saturated rings. The molecule has 41 heavy (non-hydrogen) atoms. The summed E-state index contributed by atoms with van der Waals surface area (Å²) in [5, 5.41) is 25.2. The van der Waals surface area contributed by atoms with Crippen molar-refractivity contribution in [2.24, 2.45) is 11.8 Å². The molecule has 1 heterocycles. The Morgan fingerprint density at radius 3 is 2.37 bits per heavy atom. The van der Waals surface area contributed by atoms with Crippen LogP contribution in [0.25, 0.3) is 0 Å². The van der Waals surface area contributed by atoms with Crippen LogP contribution in [-0.2, 0) is 28.9 Å². The lowest BCUT2D eigenvalue weighted by atomic mass is 9.91. The zero-order chi connectivity index (χ0) is 28.8. The Bertz CT molecular complexity index is 1330. The molecule has 3 aromatic carbocycles. The number of allylic oxidation sites excluding steroid dienone is 1. The molecule has 6 nitrogen and oxygen atoms in total. The first-order valence-corrected chi connectivity index (χ1v) is 14.7. The molecule has 0 radical (unpaired) electrons. The summed E-state index contributed by atoms with van der Waals surface area (Å²) in [6.07, 6.45) is 3.44.